The van der Waals surface area contributed by atoms with Crippen LogP contribution in [0, 0.1) is 0 Å². The lowest BCUT2D eigenvalue weighted by molar-refractivity contribution is -0.0788. The zero-order valence-electron chi connectivity index (χ0n) is 7.68. The standard InChI is InChI=1S/C9H16F2N2/c10-9(11)7(12)3-1-5-13-6-2-4-8(9)13/h7-8H,1-6,12H2. The van der Waals surface area contributed by atoms with Crippen LogP contribution in [0.15, 0.2) is 0 Å². The van der Waals surface area contributed by atoms with Crippen LogP contribution in [0.25, 0.3) is 0 Å². The number of rotatable bonds is 0. The van der Waals surface area contributed by atoms with Crippen molar-refractivity contribution in [2.45, 2.75) is 43.7 Å². The minimum Gasteiger partial charge on any atom is -0.323 e. The Bertz CT molecular complexity index is 196. The van der Waals surface area contributed by atoms with Crippen LogP contribution in [-0.2, 0) is 0 Å². The molecule has 2 rings (SSSR count). The van der Waals surface area contributed by atoms with E-state index in [2.05, 4.69) is 0 Å². The normalized spacial score (nSPS) is 39.9. The molecule has 0 bridgehead atoms. The van der Waals surface area contributed by atoms with Gasteiger partial charge in [0.15, 0.2) is 0 Å². The third kappa shape index (κ3) is 1.46. The van der Waals surface area contributed by atoms with Gasteiger partial charge in [0.2, 0.25) is 0 Å². The average Bonchev–Trinajstić information content (AvgIpc) is 2.49. The van der Waals surface area contributed by atoms with E-state index in [0.29, 0.717) is 12.8 Å². The van der Waals surface area contributed by atoms with Crippen LogP contribution in [0.3, 0.4) is 0 Å². The number of nitrogens with zero attached hydrogens (tertiary/aromatic N) is 1. The van der Waals surface area contributed by atoms with Crippen LogP contribution in [-0.4, -0.2) is 36.0 Å². The van der Waals surface area contributed by atoms with Crippen LogP contribution in [0.5, 0.6) is 0 Å². The van der Waals surface area contributed by atoms with E-state index in [-0.39, 0.29) is 0 Å². The van der Waals surface area contributed by atoms with Gasteiger partial charge in [0, 0.05) is 0 Å². The molecule has 0 radical (unpaired) electrons. The lowest BCUT2D eigenvalue weighted by Gasteiger charge is -2.31. The van der Waals surface area contributed by atoms with Gasteiger partial charge in [-0.25, -0.2) is 8.78 Å². The first-order valence-electron chi connectivity index (χ1n) is 5.00. The molecule has 2 nitrogen and oxygen atoms in total. The Kier molecular flexibility index (Phi) is 2.28. The third-order valence-electron chi connectivity index (χ3n) is 3.26. The SMILES string of the molecule is NC1CCCN2CCCC2C1(F)F. The molecule has 0 aliphatic carbocycles. The quantitative estimate of drug-likeness (QED) is 0.622. The van der Waals surface area contributed by atoms with Crippen LogP contribution in [0.4, 0.5) is 8.78 Å². The molecule has 2 saturated heterocycles. The number of hydrogen-bond donors (Lipinski definition) is 1. The van der Waals surface area contributed by atoms with Gasteiger partial charge < -0.3 is 5.73 Å². The first-order chi connectivity index (χ1) is 6.12. The maximum absolute atomic E-state index is 13.6. The van der Waals surface area contributed by atoms with Gasteiger partial charge in [-0.1, -0.05) is 0 Å². The van der Waals surface area contributed by atoms with Gasteiger partial charge in [-0.3, -0.25) is 4.90 Å². The Morgan fingerprint density at radius 1 is 1.15 bits per heavy atom. The van der Waals surface area contributed by atoms with Crippen molar-refractivity contribution in [1.29, 1.82) is 0 Å². The van der Waals surface area contributed by atoms with Crippen LogP contribution in [0.1, 0.15) is 25.7 Å². The fraction of sp³-hybridized carbons (Fsp3) is 1.00. The summed E-state index contributed by atoms with van der Waals surface area (Å²) in [4.78, 5) is 1.91. The number of nitrogens with two attached hydrogens (primary N) is 1. The molecule has 0 aromatic carbocycles. The van der Waals surface area contributed by atoms with E-state index < -0.39 is 18.0 Å². The number of alkyl halides is 2. The van der Waals surface area contributed by atoms with Gasteiger partial charge in [0.05, 0.1) is 12.1 Å². The molecular formula is C9H16F2N2. The highest BCUT2D eigenvalue weighted by molar-refractivity contribution is 4.98. The molecule has 0 amide bonds. The van der Waals surface area contributed by atoms with Crippen molar-refractivity contribution in [3.63, 3.8) is 0 Å². The van der Waals surface area contributed by atoms with Gasteiger partial charge in [-0.05, 0) is 38.8 Å². The predicted octanol–water partition coefficient (Wildman–Crippen LogP) is 1.21. The number of fused-ring (bicyclic) bond motifs is 1. The molecular weight excluding hydrogens is 174 g/mol. The molecule has 13 heavy (non-hydrogen) atoms. The van der Waals surface area contributed by atoms with E-state index in [1.165, 1.54) is 0 Å². The number of halogens is 2. The summed E-state index contributed by atoms with van der Waals surface area (Å²) in [5.41, 5.74) is 5.49. The second kappa shape index (κ2) is 3.17. The van der Waals surface area contributed by atoms with Gasteiger partial charge in [-0.15, -0.1) is 0 Å². The Morgan fingerprint density at radius 2 is 1.77 bits per heavy atom. The maximum atomic E-state index is 13.6. The first kappa shape index (κ1) is 9.34. The molecule has 0 spiro atoms. The highest BCUT2D eigenvalue weighted by atomic mass is 19.3. The predicted molar refractivity (Wildman–Crippen MR) is 46.8 cm³/mol. The van der Waals surface area contributed by atoms with Gasteiger partial charge in [0.25, 0.3) is 5.92 Å². The average molecular weight is 190 g/mol. The number of hydrogen-bond acceptors (Lipinski definition) is 2. The third-order valence-corrected chi connectivity index (χ3v) is 3.26. The minimum atomic E-state index is -2.67. The molecule has 2 aliphatic heterocycles. The fourth-order valence-electron chi connectivity index (χ4n) is 2.48. The van der Waals surface area contributed by atoms with Crippen molar-refractivity contribution in [2.75, 3.05) is 13.1 Å². The molecule has 0 aromatic heterocycles. The van der Waals surface area contributed by atoms with E-state index in [0.717, 1.165) is 25.9 Å². The van der Waals surface area contributed by atoms with Crippen molar-refractivity contribution in [2.24, 2.45) is 5.73 Å². The molecule has 0 aromatic rings. The van der Waals surface area contributed by atoms with E-state index in [9.17, 15) is 8.78 Å². The van der Waals surface area contributed by atoms with Crippen molar-refractivity contribution < 1.29 is 8.78 Å². The van der Waals surface area contributed by atoms with Crippen molar-refractivity contribution in [1.82, 2.24) is 4.90 Å². The van der Waals surface area contributed by atoms with E-state index >= 15 is 0 Å². The lowest BCUT2D eigenvalue weighted by Crippen LogP contribution is -2.52. The Morgan fingerprint density at radius 3 is 2.46 bits per heavy atom. The monoisotopic (exact) mass is 190 g/mol. The Labute approximate surface area is 77.1 Å². The Balaban J connectivity index is 2.20. The van der Waals surface area contributed by atoms with Crippen molar-refractivity contribution in [3.8, 4) is 0 Å². The molecule has 4 heteroatoms. The van der Waals surface area contributed by atoms with E-state index in [1.54, 1.807) is 0 Å². The molecule has 2 fully saturated rings. The summed E-state index contributed by atoms with van der Waals surface area (Å²) in [5, 5.41) is 0. The molecule has 0 saturated carbocycles. The summed E-state index contributed by atoms with van der Waals surface area (Å²) >= 11 is 0. The topological polar surface area (TPSA) is 29.3 Å². The van der Waals surface area contributed by atoms with Crippen molar-refractivity contribution >= 4 is 0 Å². The molecule has 2 atom stereocenters. The zero-order valence-corrected chi connectivity index (χ0v) is 7.68. The van der Waals surface area contributed by atoms with E-state index in [4.69, 9.17) is 5.73 Å². The molecule has 2 N–H and O–H groups in total. The zero-order chi connectivity index (χ0) is 9.47. The van der Waals surface area contributed by atoms with E-state index in [1.807, 2.05) is 4.90 Å². The Hall–Kier alpha value is -0.220. The van der Waals surface area contributed by atoms with Gasteiger partial charge >= 0.3 is 0 Å². The largest absolute Gasteiger partial charge is 0.323 e. The fourth-order valence-corrected chi connectivity index (χ4v) is 2.48. The van der Waals surface area contributed by atoms with Gasteiger partial charge in [-0.2, -0.15) is 0 Å². The van der Waals surface area contributed by atoms with Crippen LogP contribution < -0.4 is 5.73 Å². The molecule has 2 unspecified atom stereocenters. The second-order valence-corrected chi connectivity index (χ2v) is 4.12. The summed E-state index contributed by atoms with van der Waals surface area (Å²) in [6, 6.07) is -1.51. The van der Waals surface area contributed by atoms with Crippen LogP contribution in [0.2, 0.25) is 0 Å². The molecule has 2 aliphatic rings. The second-order valence-electron chi connectivity index (χ2n) is 4.12. The minimum absolute atomic E-state index is 0.458. The maximum Gasteiger partial charge on any atom is 0.278 e. The highest BCUT2D eigenvalue weighted by Gasteiger charge is 2.50. The summed E-state index contributed by atoms with van der Waals surface area (Å²) in [6.07, 6.45) is 2.78. The highest BCUT2D eigenvalue weighted by Crippen LogP contribution is 2.37. The summed E-state index contributed by atoms with van der Waals surface area (Å²) in [6.45, 7) is 1.63. The summed E-state index contributed by atoms with van der Waals surface area (Å²) < 4.78 is 27.3. The summed E-state index contributed by atoms with van der Waals surface area (Å²) in [5.74, 6) is -2.67. The van der Waals surface area contributed by atoms with Crippen LogP contribution >= 0.6 is 0 Å². The van der Waals surface area contributed by atoms with Gasteiger partial charge in [0.1, 0.15) is 0 Å². The summed E-state index contributed by atoms with van der Waals surface area (Å²) in [7, 11) is 0. The van der Waals surface area contributed by atoms with Crippen molar-refractivity contribution in [3.05, 3.63) is 0 Å². The molecule has 2 heterocycles. The smallest absolute Gasteiger partial charge is 0.278 e. The molecule has 76 valence electrons. The lowest BCUT2D eigenvalue weighted by atomic mass is 9.99. The first-order valence-corrected chi connectivity index (χ1v) is 5.00.